The molecule has 2 atom stereocenters. The highest BCUT2D eigenvalue weighted by molar-refractivity contribution is 5.42. The van der Waals surface area contributed by atoms with Gasteiger partial charge in [0.2, 0.25) is 0 Å². The van der Waals surface area contributed by atoms with Crippen LogP contribution >= 0.6 is 0 Å². The summed E-state index contributed by atoms with van der Waals surface area (Å²) >= 11 is 0. The molecule has 3 rings (SSSR count). The standard InChI is InChI=1S/C19H30N2O4/c1-23-16-5-6-17(19(12-16)24-2)18-4-3-7-21(18)14-15(22)13-20-8-10-25-11-9-20/h5-6,12,15,18,22H,3-4,7-11,13-14H2,1-2H3. The Morgan fingerprint density at radius 1 is 1.16 bits per heavy atom. The predicted molar refractivity (Wildman–Crippen MR) is 96.4 cm³/mol. The Bertz CT molecular complexity index is 548. The fourth-order valence-corrected chi connectivity index (χ4v) is 3.90. The van der Waals surface area contributed by atoms with E-state index >= 15 is 0 Å². The minimum absolute atomic E-state index is 0.292. The molecule has 2 unspecified atom stereocenters. The predicted octanol–water partition coefficient (Wildman–Crippen LogP) is 1.53. The first-order chi connectivity index (χ1) is 12.2. The zero-order valence-corrected chi connectivity index (χ0v) is 15.3. The van der Waals surface area contributed by atoms with Gasteiger partial charge in [0.1, 0.15) is 11.5 Å². The second kappa shape index (κ2) is 8.85. The summed E-state index contributed by atoms with van der Waals surface area (Å²) in [4.78, 5) is 4.67. The van der Waals surface area contributed by atoms with Crippen LogP contribution in [-0.2, 0) is 4.74 Å². The van der Waals surface area contributed by atoms with Crippen LogP contribution in [0.25, 0.3) is 0 Å². The molecule has 2 aliphatic rings. The molecule has 2 heterocycles. The normalized spacial score (nSPS) is 23.6. The van der Waals surface area contributed by atoms with Crippen LogP contribution in [0.15, 0.2) is 18.2 Å². The lowest BCUT2D eigenvalue weighted by atomic mass is 10.0. The van der Waals surface area contributed by atoms with E-state index in [1.807, 2.05) is 12.1 Å². The van der Waals surface area contributed by atoms with Crippen molar-refractivity contribution in [2.24, 2.45) is 0 Å². The van der Waals surface area contributed by atoms with E-state index in [-0.39, 0.29) is 6.10 Å². The van der Waals surface area contributed by atoms with Crippen molar-refractivity contribution < 1.29 is 19.3 Å². The van der Waals surface area contributed by atoms with Gasteiger partial charge in [0.15, 0.2) is 0 Å². The molecule has 1 aromatic carbocycles. The summed E-state index contributed by atoms with van der Waals surface area (Å²) in [6, 6.07) is 6.31. The van der Waals surface area contributed by atoms with Gasteiger partial charge in [-0.2, -0.15) is 0 Å². The Balaban J connectivity index is 1.64. The number of morpholine rings is 1. The number of hydrogen-bond donors (Lipinski definition) is 1. The minimum Gasteiger partial charge on any atom is -0.497 e. The number of aliphatic hydroxyl groups excluding tert-OH is 1. The van der Waals surface area contributed by atoms with Crippen LogP contribution in [-0.4, -0.2) is 81.2 Å². The van der Waals surface area contributed by atoms with Gasteiger partial charge in [-0.1, -0.05) is 6.07 Å². The third kappa shape index (κ3) is 4.64. The van der Waals surface area contributed by atoms with Gasteiger partial charge in [0.25, 0.3) is 0 Å². The monoisotopic (exact) mass is 350 g/mol. The third-order valence-electron chi connectivity index (χ3n) is 5.18. The first-order valence-electron chi connectivity index (χ1n) is 9.15. The van der Waals surface area contributed by atoms with E-state index in [4.69, 9.17) is 14.2 Å². The van der Waals surface area contributed by atoms with Crippen molar-refractivity contribution in [2.45, 2.75) is 25.0 Å². The number of rotatable bonds is 7. The van der Waals surface area contributed by atoms with Crippen molar-refractivity contribution in [3.05, 3.63) is 23.8 Å². The number of likely N-dealkylation sites (tertiary alicyclic amines) is 1. The Morgan fingerprint density at radius 2 is 1.96 bits per heavy atom. The molecule has 2 saturated heterocycles. The van der Waals surface area contributed by atoms with Gasteiger partial charge in [-0.3, -0.25) is 9.80 Å². The summed E-state index contributed by atoms with van der Waals surface area (Å²) in [6.45, 7) is 5.77. The topological polar surface area (TPSA) is 54.4 Å². The van der Waals surface area contributed by atoms with Gasteiger partial charge in [0, 0.05) is 43.9 Å². The fourth-order valence-electron chi connectivity index (χ4n) is 3.90. The fraction of sp³-hybridized carbons (Fsp3) is 0.684. The number of aliphatic hydroxyl groups is 1. The van der Waals surface area contributed by atoms with Gasteiger partial charge < -0.3 is 19.3 Å². The highest BCUT2D eigenvalue weighted by atomic mass is 16.5. The molecule has 25 heavy (non-hydrogen) atoms. The second-order valence-electron chi connectivity index (χ2n) is 6.83. The van der Waals surface area contributed by atoms with Crippen LogP contribution in [0.1, 0.15) is 24.4 Å². The molecule has 1 aromatic rings. The maximum atomic E-state index is 10.6. The van der Waals surface area contributed by atoms with E-state index in [9.17, 15) is 5.11 Å². The van der Waals surface area contributed by atoms with Crippen LogP contribution in [0.4, 0.5) is 0 Å². The van der Waals surface area contributed by atoms with Crippen LogP contribution < -0.4 is 9.47 Å². The summed E-state index contributed by atoms with van der Waals surface area (Å²) in [6.07, 6.45) is 1.89. The summed E-state index contributed by atoms with van der Waals surface area (Å²) in [5, 5.41) is 10.6. The molecule has 0 saturated carbocycles. The molecule has 0 amide bonds. The summed E-state index contributed by atoms with van der Waals surface area (Å²) < 4.78 is 16.3. The number of hydrogen-bond acceptors (Lipinski definition) is 6. The average molecular weight is 350 g/mol. The lowest BCUT2D eigenvalue weighted by Gasteiger charge is -2.32. The molecule has 1 N–H and O–H groups in total. The van der Waals surface area contributed by atoms with E-state index in [0.29, 0.717) is 19.1 Å². The van der Waals surface area contributed by atoms with Crippen molar-refractivity contribution in [1.29, 1.82) is 0 Å². The molecule has 0 aromatic heterocycles. The molecule has 2 aliphatic heterocycles. The number of benzene rings is 1. The Kier molecular flexibility index (Phi) is 6.53. The number of β-amino-alcohol motifs (C(OH)–C–C–N with tert-alkyl or cyclic N) is 1. The average Bonchev–Trinajstić information content (AvgIpc) is 3.09. The maximum absolute atomic E-state index is 10.6. The van der Waals surface area contributed by atoms with E-state index in [2.05, 4.69) is 15.9 Å². The highest BCUT2D eigenvalue weighted by Crippen LogP contribution is 2.38. The van der Waals surface area contributed by atoms with Crippen molar-refractivity contribution in [1.82, 2.24) is 9.80 Å². The van der Waals surface area contributed by atoms with E-state index in [0.717, 1.165) is 57.2 Å². The lowest BCUT2D eigenvalue weighted by Crippen LogP contribution is -2.44. The quantitative estimate of drug-likeness (QED) is 0.805. The largest absolute Gasteiger partial charge is 0.497 e. The van der Waals surface area contributed by atoms with Gasteiger partial charge in [-0.05, 0) is 25.5 Å². The van der Waals surface area contributed by atoms with Gasteiger partial charge in [0.05, 0.1) is 33.5 Å². The smallest absolute Gasteiger partial charge is 0.127 e. The van der Waals surface area contributed by atoms with Crippen molar-refractivity contribution in [2.75, 3.05) is 60.2 Å². The van der Waals surface area contributed by atoms with Crippen molar-refractivity contribution >= 4 is 0 Å². The lowest BCUT2D eigenvalue weighted by molar-refractivity contribution is 0.00578. The number of methoxy groups -OCH3 is 2. The Hall–Kier alpha value is -1.34. The number of nitrogens with zero attached hydrogens (tertiary/aromatic N) is 2. The van der Waals surface area contributed by atoms with Gasteiger partial charge in [-0.25, -0.2) is 0 Å². The molecule has 140 valence electrons. The SMILES string of the molecule is COc1ccc(C2CCCN2CC(O)CN2CCOCC2)c(OC)c1. The van der Waals surface area contributed by atoms with E-state index < -0.39 is 0 Å². The summed E-state index contributed by atoms with van der Waals surface area (Å²) in [5.74, 6) is 1.66. The molecule has 0 radical (unpaired) electrons. The van der Waals surface area contributed by atoms with E-state index in [1.165, 1.54) is 5.56 Å². The molecule has 6 heteroatoms. The van der Waals surface area contributed by atoms with Crippen molar-refractivity contribution in [3.63, 3.8) is 0 Å². The zero-order valence-electron chi connectivity index (χ0n) is 15.3. The van der Waals surface area contributed by atoms with Crippen LogP contribution in [0.2, 0.25) is 0 Å². The molecule has 0 aliphatic carbocycles. The number of ether oxygens (including phenoxy) is 3. The van der Waals surface area contributed by atoms with Crippen LogP contribution in [0, 0.1) is 0 Å². The van der Waals surface area contributed by atoms with Gasteiger partial charge in [-0.15, -0.1) is 0 Å². The first-order valence-corrected chi connectivity index (χ1v) is 9.15. The van der Waals surface area contributed by atoms with Crippen LogP contribution in [0.5, 0.6) is 11.5 Å². The molecule has 6 nitrogen and oxygen atoms in total. The Labute approximate surface area is 150 Å². The minimum atomic E-state index is -0.344. The maximum Gasteiger partial charge on any atom is 0.127 e. The summed E-state index contributed by atoms with van der Waals surface area (Å²) in [5.41, 5.74) is 1.18. The first kappa shape index (κ1) is 18.5. The molecule has 0 spiro atoms. The second-order valence-corrected chi connectivity index (χ2v) is 6.83. The van der Waals surface area contributed by atoms with Crippen molar-refractivity contribution in [3.8, 4) is 11.5 Å². The third-order valence-corrected chi connectivity index (χ3v) is 5.18. The zero-order chi connectivity index (χ0) is 17.6. The Morgan fingerprint density at radius 3 is 2.68 bits per heavy atom. The van der Waals surface area contributed by atoms with E-state index in [1.54, 1.807) is 14.2 Å². The van der Waals surface area contributed by atoms with Crippen LogP contribution in [0.3, 0.4) is 0 Å². The van der Waals surface area contributed by atoms with Gasteiger partial charge >= 0.3 is 0 Å². The molecule has 0 bridgehead atoms. The molecule has 2 fully saturated rings. The summed E-state index contributed by atoms with van der Waals surface area (Å²) in [7, 11) is 3.36. The molecular formula is C19H30N2O4. The highest BCUT2D eigenvalue weighted by Gasteiger charge is 2.30. The molecular weight excluding hydrogens is 320 g/mol.